The van der Waals surface area contributed by atoms with Crippen molar-refractivity contribution in [2.24, 2.45) is 0 Å². The molecule has 0 aliphatic carbocycles. The highest BCUT2D eigenvalue weighted by Crippen LogP contribution is 2.30. The predicted octanol–water partition coefficient (Wildman–Crippen LogP) is 2.37. The van der Waals surface area contributed by atoms with Crippen molar-refractivity contribution >= 4 is 33.1 Å². The highest BCUT2D eigenvalue weighted by atomic mass is 32.2. The summed E-state index contributed by atoms with van der Waals surface area (Å²) in [6.07, 6.45) is 0. The number of thiophene rings is 1. The number of thioether (sulfide) groups is 1. The van der Waals surface area contributed by atoms with Crippen LogP contribution in [0.25, 0.3) is 0 Å². The number of hydrogen-bond acceptors (Lipinski definition) is 5. The number of nitrogens with zero attached hydrogens (tertiary/aromatic N) is 1. The molecule has 1 aliphatic heterocycles. The lowest BCUT2D eigenvalue weighted by atomic mass is 10.4. The Balaban J connectivity index is 2.15. The Morgan fingerprint density at radius 3 is 2.60 bits per heavy atom. The molecule has 1 aromatic heterocycles. The molecule has 1 fully saturated rings. The molecular formula is C13H22N2O2S3. The number of nitrogens with one attached hydrogen (secondary N) is 1. The third-order valence-corrected chi connectivity index (χ3v) is 7.33. The van der Waals surface area contributed by atoms with Gasteiger partial charge in [-0.3, -0.25) is 0 Å². The fraction of sp³-hybridized carbons (Fsp3) is 0.692. The summed E-state index contributed by atoms with van der Waals surface area (Å²) in [5, 5.41) is 5.69. The first-order valence-corrected chi connectivity index (χ1v) is 10.1. The molecule has 1 aliphatic rings. The molecule has 0 radical (unpaired) electrons. The Morgan fingerprint density at radius 1 is 1.35 bits per heavy atom. The van der Waals surface area contributed by atoms with Gasteiger partial charge in [-0.2, -0.15) is 16.1 Å². The normalized spacial score (nSPS) is 24.9. The molecule has 7 heteroatoms. The van der Waals surface area contributed by atoms with Crippen LogP contribution in [0, 0.1) is 0 Å². The summed E-state index contributed by atoms with van der Waals surface area (Å²) in [7, 11) is -3.33. The molecule has 1 N–H and O–H groups in total. The molecule has 1 saturated heterocycles. The molecule has 4 nitrogen and oxygen atoms in total. The molecule has 0 spiro atoms. The van der Waals surface area contributed by atoms with Crippen LogP contribution < -0.4 is 5.32 Å². The Labute approximate surface area is 130 Å². The maximum atomic E-state index is 12.7. The Morgan fingerprint density at radius 2 is 2.00 bits per heavy atom. The Kier molecular flexibility index (Phi) is 5.53. The van der Waals surface area contributed by atoms with Gasteiger partial charge in [-0.25, -0.2) is 8.42 Å². The van der Waals surface area contributed by atoms with Gasteiger partial charge < -0.3 is 5.32 Å². The van der Waals surface area contributed by atoms with Crippen molar-refractivity contribution in [3.8, 4) is 0 Å². The summed E-state index contributed by atoms with van der Waals surface area (Å²) >= 11 is 3.37. The molecule has 1 aromatic rings. The Bertz CT molecular complexity index is 532. The second-order valence-electron chi connectivity index (χ2n) is 5.11. The van der Waals surface area contributed by atoms with Gasteiger partial charge in [0.05, 0.1) is 4.90 Å². The molecule has 2 heterocycles. The van der Waals surface area contributed by atoms with Crippen LogP contribution in [0.5, 0.6) is 0 Å². The van der Waals surface area contributed by atoms with Crippen molar-refractivity contribution in [1.82, 2.24) is 9.62 Å². The van der Waals surface area contributed by atoms with E-state index in [0.29, 0.717) is 28.5 Å². The van der Waals surface area contributed by atoms with Crippen LogP contribution >= 0.6 is 23.1 Å². The lowest BCUT2D eigenvalue weighted by Crippen LogP contribution is -2.43. The maximum Gasteiger partial charge on any atom is 0.243 e. The van der Waals surface area contributed by atoms with Gasteiger partial charge in [-0.1, -0.05) is 20.8 Å². The van der Waals surface area contributed by atoms with Crippen LogP contribution in [0.2, 0.25) is 0 Å². The predicted molar refractivity (Wildman–Crippen MR) is 87.0 cm³/mol. The van der Waals surface area contributed by atoms with E-state index < -0.39 is 10.0 Å². The zero-order valence-electron chi connectivity index (χ0n) is 12.1. The SMILES string of the molecule is CCNCc1cc(S(=O)(=O)N2CC(C)SC(C)C2)cs1. The van der Waals surface area contributed by atoms with Crippen molar-refractivity contribution in [1.29, 1.82) is 0 Å². The summed E-state index contributed by atoms with van der Waals surface area (Å²) in [4.78, 5) is 1.51. The zero-order valence-corrected chi connectivity index (χ0v) is 14.6. The van der Waals surface area contributed by atoms with Crippen molar-refractivity contribution in [2.45, 2.75) is 42.7 Å². The fourth-order valence-corrected chi connectivity index (χ4v) is 6.68. The molecule has 20 heavy (non-hydrogen) atoms. The van der Waals surface area contributed by atoms with E-state index >= 15 is 0 Å². The quantitative estimate of drug-likeness (QED) is 0.898. The summed E-state index contributed by atoms with van der Waals surface area (Å²) in [6.45, 7) is 9.06. The second-order valence-corrected chi connectivity index (χ2v) is 9.92. The van der Waals surface area contributed by atoms with Gasteiger partial charge in [0.2, 0.25) is 10.0 Å². The lowest BCUT2D eigenvalue weighted by molar-refractivity contribution is 0.405. The van der Waals surface area contributed by atoms with Gasteiger partial charge in [0.1, 0.15) is 0 Å². The monoisotopic (exact) mass is 334 g/mol. The smallest absolute Gasteiger partial charge is 0.243 e. The molecule has 0 aromatic carbocycles. The van der Waals surface area contributed by atoms with E-state index in [1.807, 2.05) is 18.7 Å². The molecule has 0 amide bonds. The first kappa shape index (κ1) is 16.3. The van der Waals surface area contributed by atoms with Crippen molar-refractivity contribution in [3.05, 3.63) is 16.3 Å². The minimum absolute atomic E-state index is 0.355. The van der Waals surface area contributed by atoms with Crippen molar-refractivity contribution < 1.29 is 8.42 Å². The van der Waals surface area contributed by atoms with E-state index in [4.69, 9.17) is 0 Å². The minimum atomic E-state index is -3.33. The van der Waals surface area contributed by atoms with Crippen LogP contribution in [0.15, 0.2) is 16.3 Å². The average Bonchev–Trinajstić information content (AvgIpc) is 2.84. The van der Waals surface area contributed by atoms with Gasteiger partial charge in [-0.05, 0) is 12.6 Å². The van der Waals surface area contributed by atoms with Crippen LogP contribution in [0.4, 0.5) is 0 Å². The zero-order chi connectivity index (χ0) is 14.8. The molecular weight excluding hydrogens is 312 g/mol. The first-order valence-electron chi connectivity index (χ1n) is 6.87. The number of sulfonamides is 1. The van der Waals surface area contributed by atoms with Crippen LogP contribution in [-0.4, -0.2) is 42.9 Å². The van der Waals surface area contributed by atoms with E-state index in [2.05, 4.69) is 19.2 Å². The van der Waals surface area contributed by atoms with E-state index in [1.165, 1.54) is 11.3 Å². The summed E-state index contributed by atoms with van der Waals surface area (Å²) < 4.78 is 27.0. The molecule has 0 saturated carbocycles. The van der Waals surface area contributed by atoms with E-state index in [1.54, 1.807) is 15.8 Å². The standard InChI is InChI=1S/C13H22N2O2S3/c1-4-14-6-12-5-13(9-18-12)20(16,17)15-7-10(2)19-11(3)8-15/h5,9-11,14H,4,6-8H2,1-3H3. The van der Waals surface area contributed by atoms with Gasteiger partial charge >= 0.3 is 0 Å². The topological polar surface area (TPSA) is 49.4 Å². The van der Waals surface area contributed by atoms with Gasteiger partial charge in [0.25, 0.3) is 0 Å². The molecule has 2 atom stereocenters. The summed E-state index contributed by atoms with van der Waals surface area (Å²) in [5.74, 6) is 0. The van der Waals surface area contributed by atoms with Crippen LogP contribution in [0.1, 0.15) is 25.6 Å². The van der Waals surface area contributed by atoms with Gasteiger partial charge in [0.15, 0.2) is 0 Å². The lowest BCUT2D eigenvalue weighted by Gasteiger charge is -2.33. The molecule has 114 valence electrons. The number of hydrogen-bond donors (Lipinski definition) is 1. The first-order chi connectivity index (χ1) is 9.43. The van der Waals surface area contributed by atoms with Gasteiger partial charge in [0, 0.05) is 40.4 Å². The van der Waals surface area contributed by atoms with E-state index in [-0.39, 0.29) is 0 Å². The Hall–Kier alpha value is -0.0800. The van der Waals surface area contributed by atoms with E-state index in [9.17, 15) is 8.42 Å². The van der Waals surface area contributed by atoms with Crippen molar-refractivity contribution in [2.75, 3.05) is 19.6 Å². The maximum absolute atomic E-state index is 12.7. The minimum Gasteiger partial charge on any atom is -0.312 e. The summed E-state index contributed by atoms with van der Waals surface area (Å²) in [6, 6.07) is 1.81. The van der Waals surface area contributed by atoms with Gasteiger partial charge in [-0.15, -0.1) is 11.3 Å². The van der Waals surface area contributed by atoms with Crippen LogP contribution in [-0.2, 0) is 16.6 Å². The third kappa shape index (κ3) is 3.76. The van der Waals surface area contributed by atoms with Crippen molar-refractivity contribution in [3.63, 3.8) is 0 Å². The largest absolute Gasteiger partial charge is 0.312 e. The van der Waals surface area contributed by atoms with Crippen LogP contribution in [0.3, 0.4) is 0 Å². The average molecular weight is 335 g/mol. The molecule has 0 bridgehead atoms. The van der Waals surface area contributed by atoms with E-state index in [0.717, 1.165) is 18.0 Å². The molecule has 2 rings (SSSR count). The molecule has 2 unspecified atom stereocenters. The summed E-state index contributed by atoms with van der Waals surface area (Å²) in [5.41, 5.74) is 0. The number of rotatable bonds is 5. The highest BCUT2D eigenvalue weighted by Gasteiger charge is 2.32. The fourth-order valence-electron chi connectivity index (χ4n) is 2.31. The highest BCUT2D eigenvalue weighted by molar-refractivity contribution is 8.00. The third-order valence-electron chi connectivity index (χ3n) is 3.20. The second kappa shape index (κ2) is 6.79.